The highest BCUT2D eigenvalue weighted by Gasteiger charge is 2.13. The SMILES string of the molecule is CCCc1nc(-c2ccc(Cl)s2)nc2cc(C(=O)NCCCc3ncc[nH]3)ccc12. The van der Waals surface area contributed by atoms with Gasteiger partial charge in [0.05, 0.1) is 20.4 Å². The minimum atomic E-state index is -0.104. The summed E-state index contributed by atoms with van der Waals surface area (Å²) in [6, 6.07) is 9.41. The van der Waals surface area contributed by atoms with Crippen LogP contribution in [0.25, 0.3) is 21.6 Å². The standard InChI is InChI=1S/C22H22ClN5OS/c1-2-4-16-15-7-6-14(22(29)26-10-3-5-20-24-11-12-25-20)13-17(15)28-21(27-16)18-8-9-19(23)30-18/h6-9,11-13H,2-5,10H2,1H3,(H,24,25)(H,26,29). The van der Waals surface area contributed by atoms with Gasteiger partial charge in [-0.3, -0.25) is 4.79 Å². The number of aryl methyl sites for hydroxylation is 2. The van der Waals surface area contributed by atoms with Crippen molar-refractivity contribution in [3.05, 3.63) is 64.1 Å². The van der Waals surface area contributed by atoms with Gasteiger partial charge < -0.3 is 10.3 Å². The number of nitrogens with one attached hydrogen (secondary N) is 2. The molecule has 0 aliphatic carbocycles. The van der Waals surface area contributed by atoms with Crippen LogP contribution in [0.5, 0.6) is 0 Å². The maximum Gasteiger partial charge on any atom is 0.251 e. The molecule has 0 saturated heterocycles. The van der Waals surface area contributed by atoms with E-state index in [9.17, 15) is 4.79 Å². The van der Waals surface area contributed by atoms with Crippen LogP contribution in [0.15, 0.2) is 42.7 Å². The molecule has 2 N–H and O–H groups in total. The minimum absolute atomic E-state index is 0.104. The Bertz CT molecular complexity index is 1160. The van der Waals surface area contributed by atoms with Crippen molar-refractivity contribution in [2.75, 3.05) is 6.54 Å². The van der Waals surface area contributed by atoms with Crippen molar-refractivity contribution >= 4 is 39.7 Å². The lowest BCUT2D eigenvalue weighted by Crippen LogP contribution is -2.24. The van der Waals surface area contributed by atoms with E-state index in [1.165, 1.54) is 11.3 Å². The lowest BCUT2D eigenvalue weighted by Gasteiger charge is -2.09. The first kappa shape index (κ1) is 20.5. The molecule has 1 aromatic carbocycles. The van der Waals surface area contributed by atoms with Crippen LogP contribution in [0, 0.1) is 0 Å². The first-order valence-electron chi connectivity index (χ1n) is 9.97. The quantitative estimate of drug-likeness (QED) is 0.376. The van der Waals surface area contributed by atoms with E-state index in [0.717, 1.165) is 53.0 Å². The molecule has 1 amide bonds. The number of amides is 1. The normalized spacial score (nSPS) is 11.1. The summed E-state index contributed by atoms with van der Waals surface area (Å²) in [4.78, 5) is 30.3. The summed E-state index contributed by atoms with van der Waals surface area (Å²) in [6.45, 7) is 2.71. The second-order valence-electron chi connectivity index (χ2n) is 6.97. The van der Waals surface area contributed by atoms with E-state index in [2.05, 4.69) is 22.2 Å². The minimum Gasteiger partial charge on any atom is -0.352 e. The number of aromatic nitrogens is 4. The van der Waals surface area contributed by atoms with Crippen LogP contribution >= 0.6 is 22.9 Å². The Balaban J connectivity index is 1.54. The van der Waals surface area contributed by atoms with Gasteiger partial charge in [-0.05, 0) is 37.1 Å². The van der Waals surface area contributed by atoms with Crippen molar-refractivity contribution in [3.8, 4) is 10.7 Å². The Kier molecular flexibility index (Phi) is 6.40. The van der Waals surface area contributed by atoms with E-state index < -0.39 is 0 Å². The van der Waals surface area contributed by atoms with Crippen molar-refractivity contribution in [2.45, 2.75) is 32.6 Å². The summed E-state index contributed by atoms with van der Waals surface area (Å²) < 4.78 is 0.702. The predicted octanol–water partition coefficient (Wildman–Crippen LogP) is 5.05. The van der Waals surface area contributed by atoms with E-state index in [1.54, 1.807) is 12.4 Å². The highest BCUT2D eigenvalue weighted by Crippen LogP contribution is 2.31. The number of hydrogen-bond donors (Lipinski definition) is 2. The molecule has 0 aliphatic heterocycles. The van der Waals surface area contributed by atoms with Gasteiger partial charge >= 0.3 is 0 Å². The van der Waals surface area contributed by atoms with Crippen molar-refractivity contribution in [1.82, 2.24) is 25.3 Å². The third kappa shape index (κ3) is 4.68. The second-order valence-corrected chi connectivity index (χ2v) is 8.69. The Morgan fingerprint density at radius 1 is 1.20 bits per heavy atom. The van der Waals surface area contributed by atoms with Gasteiger partial charge in [-0.2, -0.15) is 0 Å². The monoisotopic (exact) mass is 439 g/mol. The highest BCUT2D eigenvalue weighted by molar-refractivity contribution is 7.19. The zero-order valence-electron chi connectivity index (χ0n) is 16.6. The molecule has 4 rings (SSSR count). The molecule has 0 spiro atoms. The van der Waals surface area contributed by atoms with E-state index in [4.69, 9.17) is 21.6 Å². The number of benzene rings is 1. The summed E-state index contributed by atoms with van der Waals surface area (Å²) in [5.74, 6) is 1.47. The molecule has 0 bridgehead atoms. The maximum absolute atomic E-state index is 12.6. The van der Waals surface area contributed by atoms with Crippen LogP contribution in [-0.2, 0) is 12.8 Å². The summed E-state index contributed by atoms with van der Waals surface area (Å²) >= 11 is 7.55. The third-order valence-corrected chi connectivity index (χ3v) is 5.98. The second kappa shape index (κ2) is 9.36. The van der Waals surface area contributed by atoms with E-state index >= 15 is 0 Å². The maximum atomic E-state index is 12.6. The predicted molar refractivity (Wildman–Crippen MR) is 121 cm³/mol. The van der Waals surface area contributed by atoms with Crippen molar-refractivity contribution in [3.63, 3.8) is 0 Å². The number of rotatable bonds is 8. The number of carbonyl (C=O) groups is 1. The first-order valence-corrected chi connectivity index (χ1v) is 11.2. The number of hydrogen-bond acceptors (Lipinski definition) is 5. The molecule has 0 fully saturated rings. The lowest BCUT2D eigenvalue weighted by atomic mass is 10.1. The fraction of sp³-hybridized carbons (Fsp3) is 0.273. The molecule has 0 atom stereocenters. The molecule has 0 unspecified atom stereocenters. The van der Waals surface area contributed by atoms with E-state index in [-0.39, 0.29) is 5.91 Å². The molecule has 30 heavy (non-hydrogen) atoms. The number of nitrogens with zero attached hydrogens (tertiary/aromatic N) is 3. The van der Waals surface area contributed by atoms with Gasteiger partial charge in [-0.1, -0.05) is 31.0 Å². The summed E-state index contributed by atoms with van der Waals surface area (Å²) in [7, 11) is 0. The number of carbonyl (C=O) groups excluding carboxylic acids is 1. The molecule has 0 aliphatic rings. The largest absolute Gasteiger partial charge is 0.352 e. The first-order chi connectivity index (χ1) is 14.6. The van der Waals surface area contributed by atoms with E-state index in [1.807, 2.05) is 30.3 Å². The Hall–Kier alpha value is -2.77. The van der Waals surface area contributed by atoms with Crippen molar-refractivity contribution in [1.29, 1.82) is 0 Å². The molecule has 154 valence electrons. The van der Waals surface area contributed by atoms with Crippen molar-refractivity contribution in [2.24, 2.45) is 0 Å². The summed E-state index contributed by atoms with van der Waals surface area (Å²) in [6.07, 6.45) is 6.98. The van der Waals surface area contributed by atoms with Crippen LogP contribution in [0.3, 0.4) is 0 Å². The molecule has 4 aromatic rings. The van der Waals surface area contributed by atoms with Crippen molar-refractivity contribution < 1.29 is 4.79 Å². The van der Waals surface area contributed by atoms with Gasteiger partial charge in [-0.15, -0.1) is 11.3 Å². The molecule has 3 aromatic heterocycles. The fourth-order valence-electron chi connectivity index (χ4n) is 3.30. The Morgan fingerprint density at radius 3 is 2.83 bits per heavy atom. The van der Waals surface area contributed by atoms with Crippen LogP contribution in [0.4, 0.5) is 0 Å². The number of H-pyrrole nitrogens is 1. The molecule has 8 heteroatoms. The number of fused-ring (bicyclic) bond motifs is 1. The van der Waals surface area contributed by atoms with Gasteiger partial charge in [0.2, 0.25) is 0 Å². The van der Waals surface area contributed by atoms with Crippen LogP contribution in [0.2, 0.25) is 4.34 Å². The molecule has 3 heterocycles. The highest BCUT2D eigenvalue weighted by atomic mass is 35.5. The number of imidazole rings is 1. The smallest absolute Gasteiger partial charge is 0.251 e. The zero-order valence-corrected chi connectivity index (χ0v) is 18.2. The molecule has 6 nitrogen and oxygen atoms in total. The van der Waals surface area contributed by atoms with E-state index in [0.29, 0.717) is 22.3 Å². The van der Waals surface area contributed by atoms with Gasteiger partial charge in [-0.25, -0.2) is 15.0 Å². The van der Waals surface area contributed by atoms with Crippen LogP contribution < -0.4 is 5.32 Å². The molecular weight excluding hydrogens is 418 g/mol. The molecule has 0 saturated carbocycles. The number of halogens is 1. The Morgan fingerprint density at radius 2 is 2.10 bits per heavy atom. The summed E-state index contributed by atoms with van der Waals surface area (Å²) in [5, 5.41) is 3.96. The lowest BCUT2D eigenvalue weighted by molar-refractivity contribution is 0.0953. The van der Waals surface area contributed by atoms with Crippen LogP contribution in [0.1, 0.15) is 41.6 Å². The Labute approximate surface area is 183 Å². The van der Waals surface area contributed by atoms with Gasteiger partial charge in [0, 0.05) is 36.3 Å². The fourth-order valence-corrected chi connectivity index (χ4v) is 4.28. The zero-order chi connectivity index (χ0) is 20.9. The summed E-state index contributed by atoms with van der Waals surface area (Å²) in [5.41, 5.74) is 2.36. The molecular formula is C22H22ClN5OS. The average molecular weight is 440 g/mol. The number of aromatic amines is 1. The average Bonchev–Trinajstić information content (AvgIpc) is 3.42. The van der Waals surface area contributed by atoms with Gasteiger partial charge in [0.15, 0.2) is 5.82 Å². The molecule has 0 radical (unpaired) electrons. The third-order valence-electron chi connectivity index (χ3n) is 4.75. The topological polar surface area (TPSA) is 83.6 Å². The van der Waals surface area contributed by atoms with Gasteiger partial charge in [0.25, 0.3) is 5.91 Å². The van der Waals surface area contributed by atoms with Crippen LogP contribution in [-0.4, -0.2) is 32.4 Å². The van der Waals surface area contributed by atoms with Gasteiger partial charge in [0.1, 0.15) is 5.82 Å². The number of thiophene rings is 1.